The Hall–Kier alpha value is -0.610. The van der Waals surface area contributed by atoms with Crippen molar-refractivity contribution in [1.82, 2.24) is 9.80 Å². The van der Waals surface area contributed by atoms with Gasteiger partial charge in [-0.15, -0.1) is 11.6 Å². The normalized spacial score (nSPS) is 17.4. The van der Waals surface area contributed by atoms with Gasteiger partial charge in [-0.1, -0.05) is 30.3 Å². The molecule has 1 aromatic carbocycles. The molecule has 0 aromatic heterocycles. The van der Waals surface area contributed by atoms with E-state index in [1.165, 1.54) is 5.56 Å². The van der Waals surface area contributed by atoms with Crippen LogP contribution in [0.2, 0.25) is 0 Å². The average molecular weight is 297 g/mol. The monoisotopic (exact) mass is 296 g/mol. The molecule has 0 bridgehead atoms. The molecule has 1 aliphatic heterocycles. The second-order valence-corrected chi connectivity index (χ2v) is 5.64. The van der Waals surface area contributed by atoms with E-state index in [4.69, 9.17) is 16.3 Å². The summed E-state index contributed by atoms with van der Waals surface area (Å²) in [5.41, 5.74) is 1.25. The molecule has 0 N–H and O–H groups in total. The Morgan fingerprint density at radius 3 is 2.25 bits per heavy atom. The summed E-state index contributed by atoms with van der Waals surface area (Å²) >= 11 is 5.73. The summed E-state index contributed by atoms with van der Waals surface area (Å²) in [5.74, 6) is 0.771. The Labute approximate surface area is 127 Å². The summed E-state index contributed by atoms with van der Waals surface area (Å²) in [6.45, 7) is 8.34. The van der Waals surface area contributed by atoms with Gasteiger partial charge in [0.15, 0.2) is 0 Å². The summed E-state index contributed by atoms with van der Waals surface area (Å²) in [5, 5.41) is 0. The summed E-state index contributed by atoms with van der Waals surface area (Å²) in [6, 6.07) is 10.4. The predicted molar refractivity (Wildman–Crippen MR) is 84.3 cm³/mol. The molecule has 4 heteroatoms. The van der Waals surface area contributed by atoms with Crippen molar-refractivity contribution in [2.75, 3.05) is 51.8 Å². The lowest BCUT2D eigenvalue weighted by Crippen LogP contribution is -2.47. The second kappa shape index (κ2) is 9.35. The first-order valence-corrected chi connectivity index (χ1v) is 8.04. The fourth-order valence-corrected chi connectivity index (χ4v) is 2.60. The molecule has 0 aliphatic carbocycles. The lowest BCUT2D eigenvalue weighted by Gasteiger charge is -2.34. The zero-order valence-corrected chi connectivity index (χ0v) is 12.9. The van der Waals surface area contributed by atoms with Crippen LogP contribution in [0.5, 0.6) is 0 Å². The molecule has 20 heavy (non-hydrogen) atoms. The Morgan fingerprint density at radius 2 is 1.60 bits per heavy atom. The molecular formula is C16H25ClN2O. The first kappa shape index (κ1) is 15.8. The van der Waals surface area contributed by atoms with Crippen molar-refractivity contribution < 1.29 is 4.74 Å². The third-order valence-corrected chi connectivity index (χ3v) is 4.00. The Kier molecular flexibility index (Phi) is 7.37. The molecular weight excluding hydrogens is 272 g/mol. The van der Waals surface area contributed by atoms with Gasteiger partial charge < -0.3 is 9.64 Å². The molecule has 0 saturated carbocycles. The standard InChI is InChI=1S/C16H25ClN2O/c17-7-4-8-18-9-11-19(12-10-18)13-14-20-15-16-5-2-1-3-6-16/h1-3,5-6H,4,7-15H2. The van der Waals surface area contributed by atoms with E-state index >= 15 is 0 Å². The van der Waals surface area contributed by atoms with Gasteiger partial charge in [0, 0.05) is 38.6 Å². The van der Waals surface area contributed by atoms with E-state index in [0.29, 0.717) is 0 Å². The molecule has 0 radical (unpaired) electrons. The van der Waals surface area contributed by atoms with Crippen molar-refractivity contribution in [3.63, 3.8) is 0 Å². The number of hydrogen-bond acceptors (Lipinski definition) is 3. The Morgan fingerprint density at radius 1 is 0.950 bits per heavy atom. The van der Waals surface area contributed by atoms with Crippen LogP contribution < -0.4 is 0 Å². The third kappa shape index (κ3) is 5.80. The number of halogens is 1. The highest BCUT2D eigenvalue weighted by molar-refractivity contribution is 6.17. The third-order valence-electron chi connectivity index (χ3n) is 3.74. The molecule has 1 fully saturated rings. The largest absolute Gasteiger partial charge is 0.375 e. The van der Waals surface area contributed by atoms with E-state index in [1.54, 1.807) is 0 Å². The van der Waals surface area contributed by atoms with Crippen LogP contribution in [0.25, 0.3) is 0 Å². The summed E-state index contributed by atoms with van der Waals surface area (Å²) in [7, 11) is 0. The van der Waals surface area contributed by atoms with Crippen molar-refractivity contribution in [1.29, 1.82) is 0 Å². The Bertz CT molecular complexity index is 353. The minimum absolute atomic E-state index is 0.719. The van der Waals surface area contributed by atoms with Gasteiger partial charge in [0.25, 0.3) is 0 Å². The van der Waals surface area contributed by atoms with Crippen LogP contribution in [0, 0.1) is 0 Å². The van der Waals surface area contributed by atoms with Crippen molar-refractivity contribution in [3.8, 4) is 0 Å². The highest BCUT2D eigenvalue weighted by Gasteiger charge is 2.15. The number of alkyl halides is 1. The van der Waals surface area contributed by atoms with E-state index in [9.17, 15) is 0 Å². The quantitative estimate of drug-likeness (QED) is 0.541. The van der Waals surface area contributed by atoms with Crippen molar-refractivity contribution in [2.24, 2.45) is 0 Å². The van der Waals surface area contributed by atoms with Crippen LogP contribution in [0.4, 0.5) is 0 Å². The highest BCUT2D eigenvalue weighted by atomic mass is 35.5. The van der Waals surface area contributed by atoms with Gasteiger partial charge in [0.2, 0.25) is 0 Å². The van der Waals surface area contributed by atoms with Crippen LogP contribution in [-0.4, -0.2) is 61.6 Å². The Balaban J connectivity index is 1.53. The molecule has 1 aromatic rings. The number of ether oxygens (including phenoxy) is 1. The topological polar surface area (TPSA) is 15.7 Å². The second-order valence-electron chi connectivity index (χ2n) is 5.26. The first-order chi connectivity index (χ1) is 9.88. The molecule has 0 atom stereocenters. The fraction of sp³-hybridized carbons (Fsp3) is 0.625. The van der Waals surface area contributed by atoms with Crippen LogP contribution in [0.3, 0.4) is 0 Å². The van der Waals surface area contributed by atoms with Gasteiger partial charge in [-0.25, -0.2) is 0 Å². The maximum Gasteiger partial charge on any atom is 0.0717 e. The van der Waals surface area contributed by atoms with Gasteiger partial charge in [-0.05, 0) is 18.5 Å². The van der Waals surface area contributed by atoms with Gasteiger partial charge in [-0.2, -0.15) is 0 Å². The minimum Gasteiger partial charge on any atom is -0.375 e. The van der Waals surface area contributed by atoms with Crippen LogP contribution in [0.15, 0.2) is 30.3 Å². The number of hydrogen-bond donors (Lipinski definition) is 0. The van der Waals surface area contributed by atoms with Gasteiger partial charge >= 0.3 is 0 Å². The lowest BCUT2D eigenvalue weighted by molar-refractivity contribution is 0.0685. The molecule has 112 valence electrons. The summed E-state index contributed by atoms with van der Waals surface area (Å²) in [6.07, 6.45) is 1.10. The summed E-state index contributed by atoms with van der Waals surface area (Å²) < 4.78 is 5.74. The van der Waals surface area contributed by atoms with Crippen molar-refractivity contribution >= 4 is 11.6 Å². The molecule has 0 unspecified atom stereocenters. The van der Waals surface area contributed by atoms with Crippen molar-refractivity contribution in [2.45, 2.75) is 13.0 Å². The van der Waals surface area contributed by atoms with E-state index in [2.05, 4.69) is 34.1 Å². The van der Waals surface area contributed by atoms with E-state index in [1.807, 2.05) is 6.07 Å². The SMILES string of the molecule is ClCCCN1CCN(CCOCc2ccccc2)CC1. The van der Waals surface area contributed by atoms with Crippen LogP contribution >= 0.6 is 11.6 Å². The number of benzene rings is 1. The van der Waals surface area contributed by atoms with Crippen molar-refractivity contribution in [3.05, 3.63) is 35.9 Å². The zero-order valence-electron chi connectivity index (χ0n) is 12.1. The first-order valence-electron chi connectivity index (χ1n) is 7.51. The molecule has 1 heterocycles. The maximum atomic E-state index is 5.74. The van der Waals surface area contributed by atoms with Gasteiger partial charge in [0.1, 0.15) is 0 Å². The molecule has 1 saturated heterocycles. The molecule has 1 aliphatic rings. The minimum atomic E-state index is 0.719. The molecule has 3 nitrogen and oxygen atoms in total. The van der Waals surface area contributed by atoms with Crippen LogP contribution in [-0.2, 0) is 11.3 Å². The maximum absolute atomic E-state index is 5.74. The molecule has 0 spiro atoms. The average Bonchev–Trinajstić information content (AvgIpc) is 2.52. The van der Waals surface area contributed by atoms with Gasteiger partial charge in [-0.3, -0.25) is 4.90 Å². The summed E-state index contributed by atoms with van der Waals surface area (Å²) in [4.78, 5) is 4.99. The lowest BCUT2D eigenvalue weighted by atomic mass is 10.2. The zero-order chi connectivity index (χ0) is 14.0. The number of nitrogens with zero attached hydrogens (tertiary/aromatic N) is 2. The van der Waals surface area contributed by atoms with E-state index < -0.39 is 0 Å². The predicted octanol–water partition coefficient (Wildman–Crippen LogP) is 2.45. The van der Waals surface area contributed by atoms with Gasteiger partial charge in [0.05, 0.1) is 13.2 Å². The number of rotatable bonds is 8. The molecule has 2 rings (SSSR count). The van der Waals surface area contributed by atoms with Crippen LogP contribution in [0.1, 0.15) is 12.0 Å². The van der Waals surface area contributed by atoms with E-state index in [-0.39, 0.29) is 0 Å². The molecule has 0 amide bonds. The van der Waals surface area contributed by atoms with E-state index in [0.717, 1.165) is 64.8 Å². The fourth-order valence-electron chi connectivity index (χ4n) is 2.48. The smallest absolute Gasteiger partial charge is 0.0717 e. The number of piperazine rings is 1. The highest BCUT2D eigenvalue weighted by Crippen LogP contribution is 2.04.